The van der Waals surface area contributed by atoms with Crippen LogP contribution in [0.1, 0.15) is 5.56 Å². The summed E-state index contributed by atoms with van der Waals surface area (Å²) in [6.45, 7) is 4.56. The molecule has 27 heavy (non-hydrogen) atoms. The lowest BCUT2D eigenvalue weighted by atomic mass is 10.1. The fourth-order valence-electron chi connectivity index (χ4n) is 3.00. The first kappa shape index (κ1) is 21.4. The number of methoxy groups -OCH3 is 1. The molecule has 1 aromatic rings. The Labute approximate surface area is 161 Å². The van der Waals surface area contributed by atoms with Crippen LogP contribution in [0.3, 0.4) is 0 Å². The Morgan fingerprint density at radius 1 is 1.41 bits per heavy atom. The number of benzene rings is 1. The molecular formula is C19H31N3O5. The van der Waals surface area contributed by atoms with Gasteiger partial charge in [0, 0.05) is 38.8 Å². The van der Waals surface area contributed by atoms with E-state index in [9.17, 15) is 9.90 Å². The number of aliphatic hydroxyl groups is 1. The van der Waals surface area contributed by atoms with Crippen molar-refractivity contribution >= 4 is 5.91 Å². The maximum Gasteiger partial charge on any atom is 0.233 e. The molecule has 2 rings (SSSR count). The van der Waals surface area contributed by atoms with E-state index in [0.29, 0.717) is 37.8 Å². The predicted molar refractivity (Wildman–Crippen MR) is 102 cm³/mol. The number of hydrogen-bond acceptors (Lipinski definition) is 7. The third kappa shape index (κ3) is 6.99. The second kappa shape index (κ2) is 11.1. The molecule has 1 heterocycles. The van der Waals surface area contributed by atoms with Gasteiger partial charge in [-0.05, 0) is 13.1 Å². The topological polar surface area (TPSA) is 83.5 Å². The summed E-state index contributed by atoms with van der Waals surface area (Å²) in [6, 6.07) is 5.65. The maximum atomic E-state index is 11.6. The van der Waals surface area contributed by atoms with E-state index in [4.69, 9.17) is 14.2 Å². The highest BCUT2D eigenvalue weighted by Crippen LogP contribution is 2.32. The molecule has 0 radical (unpaired) electrons. The molecule has 0 spiro atoms. The van der Waals surface area contributed by atoms with E-state index in [1.54, 1.807) is 14.2 Å². The summed E-state index contributed by atoms with van der Waals surface area (Å²) in [5, 5.41) is 13.0. The average molecular weight is 381 g/mol. The molecule has 0 saturated carbocycles. The van der Waals surface area contributed by atoms with Gasteiger partial charge in [0.15, 0.2) is 11.5 Å². The van der Waals surface area contributed by atoms with E-state index in [1.807, 2.05) is 30.1 Å². The minimum Gasteiger partial charge on any atom is -0.493 e. The minimum absolute atomic E-state index is 0.0520. The van der Waals surface area contributed by atoms with Gasteiger partial charge in [0.1, 0.15) is 12.7 Å². The van der Waals surface area contributed by atoms with Crippen molar-refractivity contribution in [3.05, 3.63) is 23.8 Å². The quantitative estimate of drug-likeness (QED) is 0.588. The van der Waals surface area contributed by atoms with Gasteiger partial charge in [-0.1, -0.05) is 12.1 Å². The lowest BCUT2D eigenvalue weighted by molar-refractivity contribution is -0.121. The van der Waals surface area contributed by atoms with Gasteiger partial charge in [-0.2, -0.15) is 0 Å². The molecule has 8 heteroatoms. The molecule has 1 fully saturated rings. The Bertz CT molecular complexity index is 593. The smallest absolute Gasteiger partial charge is 0.233 e. The molecule has 1 aliphatic rings. The van der Waals surface area contributed by atoms with Crippen molar-refractivity contribution < 1.29 is 24.1 Å². The monoisotopic (exact) mass is 381 g/mol. The number of amides is 1. The molecule has 1 atom stereocenters. The lowest BCUT2D eigenvalue weighted by Crippen LogP contribution is -2.42. The number of carbonyl (C=O) groups excluding carboxylic acids is 1. The largest absolute Gasteiger partial charge is 0.493 e. The molecule has 1 aromatic carbocycles. The number of β-amino-alcohol motifs (C(OH)–C–C–N with tert-alkyl or cyclic N) is 1. The molecule has 0 unspecified atom stereocenters. The Hall–Kier alpha value is -1.87. The number of morpholine rings is 1. The summed E-state index contributed by atoms with van der Waals surface area (Å²) in [6.07, 6.45) is -0.607. The van der Waals surface area contributed by atoms with Gasteiger partial charge in [-0.3, -0.25) is 14.6 Å². The third-order valence-corrected chi connectivity index (χ3v) is 4.41. The van der Waals surface area contributed by atoms with Crippen LogP contribution in [-0.4, -0.2) is 94.1 Å². The van der Waals surface area contributed by atoms with Gasteiger partial charge in [0.05, 0.1) is 26.9 Å². The van der Waals surface area contributed by atoms with Crippen LogP contribution in [0.4, 0.5) is 0 Å². The first-order valence-corrected chi connectivity index (χ1v) is 9.19. The van der Waals surface area contributed by atoms with E-state index in [1.165, 1.54) is 0 Å². The second-order valence-electron chi connectivity index (χ2n) is 6.67. The minimum atomic E-state index is -0.607. The van der Waals surface area contributed by atoms with Crippen LogP contribution in [0, 0.1) is 0 Å². The van der Waals surface area contributed by atoms with Crippen molar-refractivity contribution in [1.29, 1.82) is 0 Å². The lowest BCUT2D eigenvalue weighted by Gasteiger charge is -2.28. The molecule has 0 aliphatic carbocycles. The number of nitrogens with zero attached hydrogens (tertiary/aromatic N) is 2. The second-order valence-corrected chi connectivity index (χ2v) is 6.67. The van der Waals surface area contributed by atoms with Gasteiger partial charge < -0.3 is 24.6 Å². The molecule has 2 N–H and O–H groups in total. The number of rotatable bonds is 10. The summed E-state index contributed by atoms with van der Waals surface area (Å²) in [7, 11) is 5.07. The van der Waals surface area contributed by atoms with Crippen molar-refractivity contribution in [3.8, 4) is 11.5 Å². The summed E-state index contributed by atoms with van der Waals surface area (Å²) in [5.74, 6) is 1.16. The van der Waals surface area contributed by atoms with Gasteiger partial charge in [0.2, 0.25) is 5.91 Å². The van der Waals surface area contributed by atoms with Crippen LogP contribution >= 0.6 is 0 Å². The maximum absolute atomic E-state index is 11.6. The van der Waals surface area contributed by atoms with Crippen molar-refractivity contribution in [1.82, 2.24) is 15.1 Å². The van der Waals surface area contributed by atoms with Crippen LogP contribution in [0.15, 0.2) is 18.2 Å². The first-order chi connectivity index (χ1) is 13.0. The van der Waals surface area contributed by atoms with Crippen LogP contribution in [0.25, 0.3) is 0 Å². The normalized spacial score (nSPS) is 16.2. The van der Waals surface area contributed by atoms with E-state index in [-0.39, 0.29) is 19.1 Å². The number of nitrogens with one attached hydrogen (secondary N) is 1. The van der Waals surface area contributed by atoms with Crippen LogP contribution in [-0.2, 0) is 16.1 Å². The summed E-state index contributed by atoms with van der Waals surface area (Å²) in [5.41, 5.74) is 0.902. The van der Waals surface area contributed by atoms with Crippen LogP contribution in [0.2, 0.25) is 0 Å². The molecule has 152 valence electrons. The number of para-hydroxylation sites is 1. The van der Waals surface area contributed by atoms with Gasteiger partial charge in [-0.15, -0.1) is 0 Å². The molecule has 1 amide bonds. The highest BCUT2D eigenvalue weighted by atomic mass is 16.5. The van der Waals surface area contributed by atoms with E-state index >= 15 is 0 Å². The Balaban J connectivity index is 1.97. The van der Waals surface area contributed by atoms with E-state index in [2.05, 4.69) is 10.2 Å². The number of hydrogen-bond donors (Lipinski definition) is 2. The van der Waals surface area contributed by atoms with Crippen molar-refractivity contribution in [2.75, 3.05) is 67.2 Å². The van der Waals surface area contributed by atoms with Gasteiger partial charge in [0.25, 0.3) is 0 Å². The summed E-state index contributed by atoms with van der Waals surface area (Å²) < 4.78 is 16.7. The van der Waals surface area contributed by atoms with Crippen LogP contribution < -0.4 is 14.8 Å². The first-order valence-electron chi connectivity index (χ1n) is 9.19. The zero-order chi connectivity index (χ0) is 19.6. The average Bonchev–Trinajstić information content (AvgIpc) is 2.67. The number of likely N-dealkylation sites (N-methyl/N-ethyl adjacent to an activating group) is 2. The SMILES string of the molecule is CNC(=O)CN(C)Cc1cccc(OC)c1OC[C@H](O)CN1CCOCC1. The summed E-state index contributed by atoms with van der Waals surface area (Å²) in [4.78, 5) is 15.6. The Morgan fingerprint density at radius 2 is 2.15 bits per heavy atom. The van der Waals surface area contributed by atoms with Crippen molar-refractivity contribution in [3.63, 3.8) is 0 Å². The highest BCUT2D eigenvalue weighted by Gasteiger charge is 2.18. The predicted octanol–water partition coefficient (Wildman–Crippen LogP) is -0.0551. The molecule has 1 saturated heterocycles. The molecular weight excluding hydrogens is 350 g/mol. The van der Waals surface area contributed by atoms with Gasteiger partial charge in [-0.25, -0.2) is 0 Å². The molecule has 0 aromatic heterocycles. The number of aliphatic hydroxyl groups excluding tert-OH is 1. The Kier molecular flexibility index (Phi) is 8.80. The van der Waals surface area contributed by atoms with E-state index in [0.717, 1.165) is 18.7 Å². The fraction of sp³-hybridized carbons (Fsp3) is 0.632. The zero-order valence-corrected chi connectivity index (χ0v) is 16.4. The number of carbonyl (C=O) groups is 1. The third-order valence-electron chi connectivity index (χ3n) is 4.41. The van der Waals surface area contributed by atoms with Crippen molar-refractivity contribution in [2.24, 2.45) is 0 Å². The molecule has 0 bridgehead atoms. The molecule has 8 nitrogen and oxygen atoms in total. The van der Waals surface area contributed by atoms with E-state index < -0.39 is 6.10 Å². The fourth-order valence-corrected chi connectivity index (χ4v) is 3.00. The highest BCUT2D eigenvalue weighted by molar-refractivity contribution is 5.77. The van der Waals surface area contributed by atoms with Gasteiger partial charge >= 0.3 is 0 Å². The van der Waals surface area contributed by atoms with Crippen molar-refractivity contribution in [2.45, 2.75) is 12.6 Å². The van der Waals surface area contributed by atoms with Crippen LogP contribution in [0.5, 0.6) is 11.5 Å². The summed E-state index contributed by atoms with van der Waals surface area (Å²) >= 11 is 0. The Morgan fingerprint density at radius 3 is 2.81 bits per heavy atom. The molecule has 1 aliphatic heterocycles. The zero-order valence-electron chi connectivity index (χ0n) is 16.4. The standard InChI is InChI=1S/C19H31N3O5/c1-20-18(24)13-21(2)11-15-5-4-6-17(25-3)19(15)27-14-16(23)12-22-7-9-26-10-8-22/h4-6,16,23H,7-14H2,1-3H3,(H,20,24)/t16-/m1/s1. The number of ether oxygens (including phenoxy) is 3.